The van der Waals surface area contributed by atoms with E-state index in [9.17, 15) is 14.0 Å². The Balaban J connectivity index is 1.60. The first-order valence-electron chi connectivity index (χ1n) is 8.99. The Morgan fingerprint density at radius 3 is 2.52 bits per heavy atom. The number of carbonyl (C=O) groups is 2. The van der Waals surface area contributed by atoms with E-state index in [2.05, 4.69) is 16.0 Å². The first kappa shape index (κ1) is 20.1. The molecule has 0 bridgehead atoms. The molecule has 0 aliphatic rings. The number of carbonyl (C=O) groups excluding carboxylic acids is 2. The summed E-state index contributed by atoms with van der Waals surface area (Å²) in [4.78, 5) is 24.6. The van der Waals surface area contributed by atoms with Gasteiger partial charge in [-0.3, -0.25) is 20.4 Å². The first-order chi connectivity index (χ1) is 13.8. The van der Waals surface area contributed by atoms with Gasteiger partial charge in [0.05, 0.1) is 23.1 Å². The van der Waals surface area contributed by atoms with Gasteiger partial charge in [0.15, 0.2) is 6.10 Å². The molecule has 0 aliphatic carbocycles. The second-order valence-corrected chi connectivity index (χ2v) is 6.55. The number of ether oxygens (including phenoxy) is 1. The molecule has 1 heterocycles. The number of nitrogens with one attached hydrogen (secondary N) is 2. The molecule has 2 aromatic carbocycles. The Morgan fingerprint density at radius 2 is 1.83 bits per heavy atom. The van der Waals surface area contributed by atoms with Gasteiger partial charge in [-0.15, -0.1) is 0 Å². The Morgan fingerprint density at radius 1 is 1.10 bits per heavy atom. The topological polar surface area (TPSA) is 85.3 Å². The lowest BCUT2D eigenvalue weighted by Gasteiger charge is -2.15. The number of rotatable bonds is 5. The van der Waals surface area contributed by atoms with E-state index in [1.54, 1.807) is 11.6 Å². The van der Waals surface area contributed by atoms with E-state index in [0.29, 0.717) is 17.0 Å². The predicted molar refractivity (Wildman–Crippen MR) is 105 cm³/mol. The van der Waals surface area contributed by atoms with Gasteiger partial charge in [0.25, 0.3) is 11.8 Å². The number of hydrogen-bond donors (Lipinski definition) is 2. The van der Waals surface area contributed by atoms with Crippen molar-refractivity contribution in [2.45, 2.75) is 26.9 Å². The maximum Gasteiger partial charge on any atom is 0.279 e. The summed E-state index contributed by atoms with van der Waals surface area (Å²) in [7, 11) is 0. The summed E-state index contributed by atoms with van der Waals surface area (Å²) < 4.78 is 20.0. The van der Waals surface area contributed by atoms with Crippen molar-refractivity contribution >= 4 is 11.8 Å². The van der Waals surface area contributed by atoms with Crippen LogP contribution in [0.4, 0.5) is 4.39 Å². The molecule has 2 amide bonds. The highest BCUT2D eigenvalue weighted by Gasteiger charge is 2.19. The van der Waals surface area contributed by atoms with Crippen LogP contribution in [-0.2, 0) is 4.79 Å². The number of halogens is 1. The average Bonchev–Trinajstić information content (AvgIpc) is 3.09. The van der Waals surface area contributed by atoms with Gasteiger partial charge in [0, 0.05) is 0 Å². The summed E-state index contributed by atoms with van der Waals surface area (Å²) in [6, 6.07) is 13.0. The van der Waals surface area contributed by atoms with E-state index < -0.39 is 23.7 Å². The molecule has 1 aromatic heterocycles. The van der Waals surface area contributed by atoms with Gasteiger partial charge in [-0.2, -0.15) is 5.10 Å². The molecule has 0 saturated carbocycles. The van der Waals surface area contributed by atoms with Gasteiger partial charge in [0.2, 0.25) is 0 Å². The van der Waals surface area contributed by atoms with E-state index >= 15 is 0 Å². The lowest BCUT2D eigenvalue weighted by Crippen LogP contribution is -2.47. The number of aromatic nitrogens is 2. The Kier molecular flexibility index (Phi) is 5.92. The summed E-state index contributed by atoms with van der Waals surface area (Å²) in [5.74, 6) is -1.10. The Hall–Kier alpha value is -3.68. The second-order valence-electron chi connectivity index (χ2n) is 6.55. The molecule has 1 atom stereocenters. The summed E-state index contributed by atoms with van der Waals surface area (Å²) in [6.45, 7) is 5.26. The molecular formula is C21H21FN4O3. The zero-order chi connectivity index (χ0) is 21.0. The molecule has 0 radical (unpaired) electrons. The van der Waals surface area contributed by atoms with Crippen LogP contribution in [0.3, 0.4) is 0 Å². The second kappa shape index (κ2) is 8.55. The van der Waals surface area contributed by atoms with Gasteiger partial charge < -0.3 is 4.74 Å². The summed E-state index contributed by atoms with van der Waals surface area (Å²) >= 11 is 0. The minimum atomic E-state index is -0.892. The molecule has 3 aromatic rings. The van der Waals surface area contributed by atoms with Crippen LogP contribution in [0.2, 0.25) is 0 Å². The number of hydrogen-bond acceptors (Lipinski definition) is 4. The smallest absolute Gasteiger partial charge is 0.279 e. The molecule has 3 rings (SSSR count). The molecule has 0 aliphatic heterocycles. The van der Waals surface area contributed by atoms with Crippen LogP contribution in [0, 0.1) is 19.7 Å². The highest BCUT2D eigenvalue weighted by atomic mass is 19.1. The number of nitrogens with zero attached hydrogens (tertiary/aromatic N) is 2. The molecule has 0 spiro atoms. The summed E-state index contributed by atoms with van der Waals surface area (Å²) in [6.07, 6.45) is 0.550. The number of aryl methyl sites for hydroxylation is 1. The minimum Gasteiger partial charge on any atom is -0.481 e. The van der Waals surface area contributed by atoms with E-state index in [1.807, 2.05) is 31.2 Å². The molecule has 1 unspecified atom stereocenters. The van der Waals surface area contributed by atoms with Gasteiger partial charge in [-0.25, -0.2) is 9.07 Å². The van der Waals surface area contributed by atoms with Crippen molar-refractivity contribution in [3.8, 4) is 11.4 Å². The minimum absolute atomic E-state index is 0.332. The van der Waals surface area contributed by atoms with Crippen molar-refractivity contribution in [1.29, 1.82) is 0 Å². The van der Waals surface area contributed by atoms with Crippen LogP contribution in [0.1, 0.15) is 28.5 Å². The highest BCUT2D eigenvalue weighted by molar-refractivity contribution is 5.96. The Bertz CT molecular complexity index is 1030. The van der Waals surface area contributed by atoms with Crippen LogP contribution < -0.4 is 15.6 Å². The lowest BCUT2D eigenvalue weighted by molar-refractivity contribution is -0.128. The highest BCUT2D eigenvalue weighted by Crippen LogP contribution is 2.15. The van der Waals surface area contributed by atoms with E-state index in [-0.39, 0.29) is 0 Å². The van der Waals surface area contributed by atoms with Crippen molar-refractivity contribution in [2.24, 2.45) is 0 Å². The van der Waals surface area contributed by atoms with E-state index in [4.69, 9.17) is 4.74 Å². The van der Waals surface area contributed by atoms with Crippen LogP contribution in [0.15, 0.2) is 54.7 Å². The van der Waals surface area contributed by atoms with Gasteiger partial charge >= 0.3 is 0 Å². The molecule has 0 saturated heterocycles. The third-order valence-corrected chi connectivity index (χ3v) is 4.30. The molecule has 29 heavy (non-hydrogen) atoms. The monoisotopic (exact) mass is 396 g/mol. The SMILES string of the molecule is Cc1cccc(-n2ncc(C(=O)NNC(=O)C(C)Oc3ccc(F)cc3)c2C)c1. The number of benzene rings is 2. The molecule has 2 N–H and O–H groups in total. The average molecular weight is 396 g/mol. The maximum absolute atomic E-state index is 12.9. The van der Waals surface area contributed by atoms with E-state index in [0.717, 1.165) is 11.3 Å². The zero-order valence-corrected chi connectivity index (χ0v) is 16.3. The van der Waals surface area contributed by atoms with Crippen LogP contribution in [0.25, 0.3) is 5.69 Å². The zero-order valence-electron chi connectivity index (χ0n) is 16.3. The Labute approximate surface area is 167 Å². The van der Waals surface area contributed by atoms with Gasteiger partial charge in [-0.1, -0.05) is 12.1 Å². The fourth-order valence-electron chi connectivity index (χ4n) is 2.71. The van der Waals surface area contributed by atoms with Crippen molar-refractivity contribution < 1.29 is 18.7 Å². The molecule has 150 valence electrons. The number of amides is 2. The maximum atomic E-state index is 12.9. The third-order valence-electron chi connectivity index (χ3n) is 4.30. The van der Waals surface area contributed by atoms with Gasteiger partial charge in [-0.05, 0) is 62.7 Å². The van der Waals surface area contributed by atoms with E-state index in [1.165, 1.54) is 37.4 Å². The van der Waals surface area contributed by atoms with Crippen LogP contribution in [0.5, 0.6) is 5.75 Å². The van der Waals surface area contributed by atoms with Crippen molar-refractivity contribution in [3.05, 3.63) is 77.4 Å². The fraction of sp³-hybridized carbons (Fsp3) is 0.190. The van der Waals surface area contributed by atoms with Gasteiger partial charge in [0.1, 0.15) is 11.6 Å². The quantitative estimate of drug-likeness (QED) is 0.650. The molecule has 8 heteroatoms. The largest absolute Gasteiger partial charge is 0.481 e. The standard InChI is InChI=1S/C21H21FN4O3/c1-13-5-4-6-17(11-13)26-14(2)19(12-23-26)21(28)25-24-20(27)15(3)29-18-9-7-16(22)8-10-18/h4-12,15H,1-3H3,(H,24,27)(H,25,28). The first-order valence-corrected chi connectivity index (χ1v) is 8.99. The van der Waals surface area contributed by atoms with Crippen LogP contribution in [-0.4, -0.2) is 27.7 Å². The van der Waals surface area contributed by atoms with Crippen molar-refractivity contribution in [1.82, 2.24) is 20.6 Å². The third kappa shape index (κ3) is 4.78. The molecule has 7 nitrogen and oxygen atoms in total. The molecule has 0 fully saturated rings. The lowest BCUT2D eigenvalue weighted by atomic mass is 10.2. The fourth-order valence-corrected chi connectivity index (χ4v) is 2.71. The number of hydrazine groups is 1. The summed E-state index contributed by atoms with van der Waals surface area (Å²) in [5.41, 5.74) is 7.57. The normalized spacial score (nSPS) is 11.6. The van der Waals surface area contributed by atoms with Crippen molar-refractivity contribution in [2.75, 3.05) is 0 Å². The van der Waals surface area contributed by atoms with Crippen molar-refractivity contribution in [3.63, 3.8) is 0 Å². The molecular weight excluding hydrogens is 375 g/mol. The summed E-state index contributed by atoms with van der Waals surface area (Å²) in [5, 5.41) is 4.26. The predicted octanol–water partition coefficient (Wildman–Crippen LogP) is 2.86. The van der Waals surface area contributed by atoms with Crippen LogP contribution >= 0.6 is 0 Å².